The van der Waals surface area contributed by atoms with E-state index in [4.69, 9.17) is 18.8 Å². The Hall–Kier alpha value is -2.96. The molecule has 0 spiro atoms. The van der Waals surface area contributed by atoms with Crippen LogP contribution in [0.25, 0.3) is 0 Å². The summed E-state index contributed by atoms with van der Waals surface area (Å²) in [5, 5.41) is 20.2. The first-order valence-corrected chi connectivity index (χ1v) is 14.3. The molecule has 3 aliphatic carbocycles. The molecule has 11 nitrogen and oxygen atoms in total. The van der Waals surface area contributed by atoms with Crippen molar-refractivity contribution >= 4 is 19.0 Å². The smallest absolute Gasteiger partial charge is 0.482 e. The first-order chi connectivity index (χ1) is 19.2. The lowest BCUT2D eigenvalue weighted by Crippen LogP contribution is -2.65. The average molecular weight is 568 g/mol. The number of nitrogens with one attached hydrogen (secondary N) is 1. The molecule has 2 heterocycles. The third-order valence-corrected chi connectivity index (χ3v) is 9.06. The summed E-state index contributed by atoms with van der Waals surface area (Å²) in [7, 11) is 0.805. The molecule has 1 aromatic carbocycles. The normalized spacial score (nSPS) is 27.0. The molecule has 5 atom stereocenters. The number of benzene rings is 1. The van der Waals surface area contributed by atoms with E-state index in [0.717, 1.165) is 12.8 Å². The summed E-state index contributed by atoms with van der Waals surface area (Å²) >= 11 is 0. The molecule has 2 bridgehead atoms. The average Bonchev–Trinajstić information content (AvgIpc) is 3.50. The van der Waals surface area contributed by atoms with Crippen LogP contribution in [-0.2, 0) is 38.4 Å². The van der Waals surface area contributed by atoms with Gasteiger partial charge in [0, 0.05) is 0 Å². The maximum Gasteiger partial charge on any atom is 0.482 e. The molecule has 6 rings (SSSR count). The van der Waals surface area contributed by atoms with Gasteiger partial charge in [-0.15, -0.1) is 5.10 Å². The Labute approximate surface area is 241 Å². The Morgan fingerprint density at radius 3 is 2.66 bits per heavy atom. The summed E-state index contributed by atoms with van der Waals surface area (Å²) in [6.07, 6.45) is 3.77. The predicted molar refractivity (Wildman–Crippen MR) is 150 cm³/mol. The summed E-state index contributed by atoms with van der Waals surface area (Å²) in [6.45, 7) is 11.8. The fraction of sp³-hybridized carbons (Fsp3) is 0.655. The van der Waals surface area contributed by atoms with Crippen LogP contribution in [0.2, 0.25) is 0 Å². The summed E-state index contributed by atoms with van der Waals surface area (Å²) in [5.74, 6) is -0.0689. The van der Waals surface area contributed by atoms with Crippen molar-refractivity contribution in [2.75, 3.05) is 7.11 Å². The van der Waals surface area contributed by atoms with Crippen LogP contribution in [0.3, 0.4) is 0 Å². The highest BCUT2D eigenvalue weighted by Gasteiger charge is 2.68. The number of aliphatic hydroxyl groups excluding tert-OH is 1. The zero-order valence-corrected chi connectivity index (χ0v) is 25.0. The number of amides is 1. The highest BCUT2D eigenvalue weighted by molar-refractivity contribution is 6.48. The van der Waals surface area contributed by atoms with E-state index < -0.39 is 30.2 Å². The van der Waals surface area contributed by atoms with Crippen LogP contribution in [-0.4, -0.2) is 69.5 Å². The molecule has 1 aliphatic heterocycles. The van der Waals surface area contributed by atoms with Gasteiger partial charge in [-0.1, -0.05) is 31.2 Å². The SMILES string of the molecule is COc1c(C[C@H](NC(=O)Cn2cc(CO)nn2)B2O[C@@H]3C[C@@H]4C[C@@H](C4(C)C)[C@]3(C)O2)cccc1C(=O)OC(C)(C)C. The number of ether oxygens (including phenoxy) is 2. The number of rotatable bonds is 9. The fourth-order valence-corrected chi connectivity index (χ4v) is 6.89. The molecule has 41 heavy (non-hydrogen) atoms. The van der Waals surface area contributed by atoms with Gasteiger partial charge in [-0.3, -0.25) is 4.79 Å². The van der Waals surface area contributed by atoms with Crippen molar-refractivity contribution < 1.29 is 33.5 Å². The van der Waals surface area contributed by atoms with E-state index in [1.807, 2.05) is 26.8 Å². The van der Waals surface area contributed by atoms with Crippen molar-refractivity contribution in [2.45, 2.75) is 97.2 Å². The molecule has 1 saturated heterocycles. The number of aliphatic hydroxyl groups is 1. The lowest BCUT2D eigenvalue weighted by atomic mass is 9.43. The number of aromatic nitrogens is 3. The van der Waals surface area contributed by atoms with E-state index in [-0.39, 0.29) is 37.0 Å². The third kappa shape index (κ3) is 5.61. The molecule has 4 aliphatic rings. The summed E-state index contributed by atoms with van der Waals surface area (Å²) < 4.78 is 26.0. The van der Waals surface area contributed by atoms with E-state index in [1.54, 1.807) is 12.1 Å². The zero-order chi connectivity index (χ0) is 29.7. The van der Waals surface area contributed by atoms with Crippen LogP contribution in [0.4, 0.5) is 0 Å². The maximum absolute atomic E-state index is 13.2. The van der Waals surface area contributed by atoms with Crippen LogP contribution < -0.4 is 10.1 Å². The second-order valence-corrected chi connectivity index (χ2v) is 13.3. The molecule has 3 saturated carbocycles. The first-order valence-electron chi connectivity index (χ1n) is 14.3. The lowest BCUT2D eigenvalue weighted by molar-refractivity contribution is -0.199. The van der Waals surface area contributed by atoms with Crippen LogP contribution in [0, 0.1) is 17.3 Å². The summed E-state index contributed by atoms with van der Waals surface area (Å²) in [6, 6.07) is 5.30. The molecule has 222 valence electrons. The van der Waals surface area contributed by atoms with E-state index in [9.17, 15) is 14.7 Å². The number of carbonyl (C=O) groups is 2. The van der Waals surface area contributed by atoms with E-state index >= 15 is 0 Å². The van der Waals surface area contributed by atoms with Crippen molar-refractivity contribution in [2.24, 2.45) is 17.3 Å². The molecular formula is C29H41BN4O7. The van der Waals surface area contributed by atoms with Crippen molar-refractivity contribution in [3.05, 3.63) is 41.2 Å². The monoisotopic (exact) mass is 568 g/mol. The van der Waals surface area contributed by atoms with Gasteiger partial charge in [0.15, 0.2) is 0 Å². The van der Waals surface area contributed by atoms with Crippen molar-refractivity contribution in [1.82, 2.24) is 20.3 Å². The van der Waals surface area contributed by atoms with Gasteiger partial charge in [0.1, 0.15) is 29.2 Å². The minimum absolute atomic E-state index is 0.0684. The van der Waals surface area contributed by atoms with E-state index in [1.165, 1.54) is 18.0 Å². The summed E-state index contributed by atoms with van der Waals surface area (Å²) in [5.41, 5.74) is 0.430. The number of carbonyl (C=O) groups excluding carboxylic acids is 2. The highest BCUT2D eigenvalue weighted by Crippen LogP contribution is 2.65. The minimum Gasteiger partial charge on any atom is -0.496 e. The van der Waals surface area contributed by atoms with Gasteiger partial charge in [-0.25, -0.2) is 9.48 Å². The Bertz CT molecular complexity index is 1310. The largest absolute Gasteiger partial charge is 0.496 e. The topological polar surface area (TPSA) is 134 Å². The molecule has 0 radical (unpaired) electrons. The van der Waals surface area contributed by atoms with Crippen LogP contribution in [0.15, 0.2) is 24.4 Å². The molecule has 2 N–H and O–H groups in total. The molecule has 1 aromatic heterocycles. The van der Waals surface area contributed by atoms with Gasteiger partial charge < -0.3 is 29.2 Å². The van der Waals surface area contributed by atoms with Crippen LogP contribution >= 0.6 is 0 Å². The van der Waals surface area contributed by atoms with Gasteiger partial charge in [0.05, 0.1) is 37.6 Å². The number of methoxy groups -OCH3 is 1. The van der Waals surface area contributed by atoms with Gasteiger partial charge in [-0.2, -0.15) is 0 Å². The minimum atomic E-state index is -0.706. The molecule has 1 amide bonds. The van der Waals surface area contributed by atoms with Crippen molar-refractivity contribution in [3.63, 3.8) is 0 Å². The van der Waals surface area contributed by atoms with Crippen LogP contribution in [0.5, 0.6) is 5.75 Å². The van der Waals surface area contributed by atoms with E-state index in [2.05, 4.69) is 36.4 Å². The van der Waals surface area contributed by atoms with Gasteiger partial charge in [0.2, 0.25) is 5.91 Å². The second-order valence-electron chi connectivity index (χ2n) is 13.3. The molecule has 12 heteroatoms. The quantitative estimate of drug-likeness (QED) is 0.346. The number of hydrogen-bond acceptors (Lipinski definition) is 9. The molecule has 2 aromatic rings. The maximum atomic E-state index is 13.2. The fourth-order valence-electron chi connectivity index (χ4n) is 6.89. The second kappa shape index (κ2) is 10.7. The molecule has 4 fully saturated rings. The number of para-hydroxylation sites is 1. The van der Waals surface area contributed by atoms with Crippen molar-refractivity contribution in [1.29, 1.82) is 0 Å². The Balaban J connectivity index is 1.41. The van der Waals surface area contributed by atoms with E-state index in [0.29, 0.717) is 34.4 Å². The highest BCUT2D eigenvalue weighted by atomic mass is 16.7. The lowest BCUT2D eigenvalue weighted by Gasteiger charge is -2.64. The zero-order valence-electron chi connectivity index (χ0n) is 25.0. The third-order valence-electron chi connectivity index (χ3n) is 9.06. The number of nitrogens with zero attached hydrogens (tertiary/aromatic N) is 3. The molecular weight excluding hydrogens is 527 g/mol. The standard InChI is InChI=1S/C29H41BN4O7/c1-27(2,3)39-26(37)20-10-8-9-17(25(20)38-7)11-23(31-24(36)15-34-14-19(16-35)32-33-34)30-40-22-13-18-12-21(28(18,4)5)29(22,6)41-30/h8-10,14,18,21-23,35H,11-13,15-16H2,1-7H3,(H,31,36)/t18-,21-,22+,23-,29-/m0/s1. The summed E-state index contributed by atoms with van der Waals surface area (Å²) in [4.78, 5) is 26.2. The Morgan fingerprint density at radius 1 is 1.27 bits per heavy atom. The Kier molecular flexibility index (Phi) is 7.71. The molecule has 0 unspecified atom stereocenters. The van der Waals surface area contributed by atoms with Gasteiger partial charge in [0.25, 0.3) is 0 Å². The van der Waals surface area contributed by atoms with Crippen LogP contribution in [0.1, 0.15) is 76.0 Å². The van der Waals surface area contributed by atoms with Gasteiger partial charge >= 0.3 is 13.1 Å². The number of hydrogen-bond donors (Lipinski definition) is 2. The predicted octanol–water partition coefficient (Wildman–Crippen LogP) is 2.73. The Morgan fingerprint density at radius 2 is 2.02 bits per heavy atom. The number of esters is 1. The van der Waals surface area contributed by atoms with Crippen molar-refractivity contribution in [3.8, 4) is 5.75 Å². The van der Waals surface area contributed by atoms with Gasteiger partial charge in [-0.05, 0) is 75.8 Å². The first kappa shape index (κ1) is 29.5.